The maximum Gasteiger partial charge on any atom is 0.293 e. The van der Waals surface area contributed by atoms with E-state index in [0.29, 0.717) is 22.7 Å². The van der Waals surface area contributed by atoms with Gasteiger partial charge in [0.15, 0.2) is 10.9 Å². The Hall–Kier alpha value is -3.78. The second-order valence-electron chi connectivity index (χ2n) is 7.51. The molecule has 1 aliphatic carbocycles. The van der Waals surface area contributed by atoms with Crippen molar-refractivity contribution in [2.75, 3.05) is 5.32 Å². The molecule has 2 amide bonds. The fourth-order valence-corrected chi connectivity index (χ4v) is 4.71. The summed E-state index contributed by atoms with van der Waals surface area (Å²) in [5, 5.41) is 7.73. The number of anilines is 1. The highest BCUT2D eigenvalue weighted by Gasteiger charge is 2.28. The van der Waals surface area contributed by atoms with Gasteiger partial charge in [0.2, 0.25) is 0 Å². The molecule has 160 valence electrons. The quantitative estimate of drug-likeness (QED) is 0.437. The first-order valence-electron chi connectivity index (χ1n) is 10.3. The lowest BCUT2D eigenvalue weighted by Crippen LogP contribution is -2.22. The molecule has 0 saturated carbocycles. The Balaban J connectivity index is 1.39. The zero-order valence-electron chi connectivity index (χ0n) is 17.3. The van der Waals surface area contributed by atoms with Gasteiger partial charge in [0.1, 0.15) is 5.76 Å². The van der Waals surface area contributed by atoms with Crippen molar-refractivity contribution in [2.45, 2.75) is 26.2 Å². The average molecular weight is 445 g/mol. The van der Waals surface area contributed by atoms with Gasteiger partial charge in [-0.3, -0.25) is 14.9 Å². The Bertz CT molecular complexity index is 1320. The number of amides is 2. The van der Waals surface area contributed by atoms with Crippen molar-refractivity contribution in [3.8, 4) is 0 Å². The largest absolute Gasteiger partial charge is 0.455 e. The maximum atomic E-state index is 12.9. The number of nitrogens with one attached hydrogen (secondary N) is 2. The van der Waals surface area contributed by atoms with Gasteiger partial charge in [0, 0.05) is 23.1 Å². The molecule has 5 rings (SSSR count). The molecule has 2 N–H and O–H groups in total. The fourth-order valence-electron chi connectivity index (χ4n) is 3.85. The lowest BCUT2D eigenvalue weighted by atomic mass is 9.93. The Morgan fingerprint density at radius 3 is 2.62 bits per heavy atom. The van der Waals surface area contributed by atoms with E-state index < -0.39 is 0 Å². The van der Waals surface area contributed by atoms with Crippen LogP contribution in [-0.2, 0) is 6.42 Å². The van der Waals surface area contributed by atoms with E-state index in [4.69, 9.17) is 4.42 Å². The van der Waals surface area contributed by atoms with Crippen LogP contribution in [0.4, 0.5) is 5.13 Å². The van der Waals surface area contributed by atoms with Crippen LogP contribution in [0.5, 0.6) is 0 Å². The summed E-state index contributed by atoms with van der Waals surface area (Å²) >= 11 is 1.41. The second kappa shape index (κ2) is 8.39. The molecule has 8 heteroatoms. The molecule has 2 heterocycles. The number of hydrogen-bond acceptors (Lipinski definition) is 6. The molecular formula is C24H20N4O3S. The number of aryl methyl sites for hydroxylation is 1. The number of hydrogen-bond donors (Lipinski definition) is 2. The van der Waals surface area contributed by atoms with E-state index in [0.717, 1.165) is 40.1 Å². The molecule has 0 atom stereocenters. The Labute approximate surface area is 188 Å². The van der Waals surface area contributed by atoms with Gasteiger partial charge in [0.25, 0.3) is 11.8 Å². The summed E-state index contributed by atoms with van der Waals surface area (Å²) in [6, 6.07) is 16.6. The Morgan fingerprint density at radius 2 is 1.81 bits per heavy atom. The third-order valence-corrected chi connectivity index (χ3v) is 6.33. The van der Waals surface area contributed by atoms with Crippen molar-refractivity contribution in [1.82, 2.24) is 10.4 Å². The number of nitrogens with zero attached hydrogens (tertiary/aromatic N) is 2. The van der Waals surface area contributed by atoms with Gasteiger partial charge >= 0.3 is 0 Å². The van der Waals surface area contributed by atoms with Crippen LogP contribution < -0.4 is 10.7 Å². The third-order valence-electron chi connectivity index (χ3n) is 5.37. The van der Waals surface area contributed by atoms with E-state index in [1.165, 1.54) is 11.3 Å². The third kappa shape index (κ3) is 3.80. The highest BCUT2D eigenvalue weighted by molar-refractivity contribution is 7.22. The van der Waals surface area contributed by atoms with Gasteiger partial charge in [-0.05, 0) is 44.0 Å². The molecular weight excluding hydrogens is 424 g/mol. The first kappa shape index (κ1) is 20.1. The maximum absolute atomic E-state index is 12.9. The van der Waals surface area contributed by atoms with E-state index in [1.54, 1.807) is 24.3 Å². The smallest absolute Gasteiger partial charge is 0.293 e. The molecule has 2 aromatic carbocycles. The number of furan rings is 1. The molecule has 0 spiro atoms. The lowest BCUT2D eigenvalue weighted by molar-refractivity contribution is 0.0953. The van der Waals surface area contributed by atoms with E-state index in [-0.39, 0.29) is 17.6 Å². The van der Waals surface area contributed by atoms with E-state index in [1.807, 2.05) is 37.3 Å². The second-order valence-corrected chi connectivity index (χ2v) is 8.54. The summed E-state index contributed by atoms with van der Waals surface area (Å²) < 4.78 is 6.94. The van der Waals surface area contributed by atoms with Gasteiger partial charge in [-0.15, -0.1) is 0 Å². The Kier molecular flexibility index (Phi) is 5.28. The van der Waals surface area contributed by atoms with Crippen LogP contribution in [0.2, 0.25) is 0 Å². The topological polar surface area (TPSA) is 96.6 Å². The minimum Gasteiger partial charge on any atom is -0.455 e. The molecule has 1 aliphatic rings. The summed E-state index contributed by atoms with van der Waals surface area (Å²) in [4.78, 5) is 29.8. The number of carbonyl (C=O) groups is 2. The van der Waals surface area contributed by atoms with Crippen molar-refractivity contribution in [1.29, 1.82) is 0 Å². The molecule has 0 fully saturated rings. The number of aromatic nitrogens is 1. The molecule has 0 radical (unpaired) electrons. The molecule has 0 unspecified atom stereocenters. The van der Waals surface area contributed by atoms with Crippen molar-refractivity contribution >= 4 is 44.2 Å². The number of benzene rings is 2. The van der Waals surface area contributed by atoms with Crippen LogP contribution in [0.15, 0.2) is 64.1 Å². The zero-order chi connectivity index (χ0) is 22.1. The molecule has 0 aliphatic heterocycles. The predicted octanol–water partition coefficient (Wildman–Crippen LogP) is 4.92. The summed E-state index contributed by atoms with van der Waals surface area (Å²) in [5.74, 6) is 0.345. The fraction of sp³-hybridized carbons (Fsp3) is 0.167. The molecule has 0 saturated heterocycles. The van der Waals surface area contributed by atoms with Crippen LogP contribution >= 0.6 is 11.3 Å². The van der Waals surface area contributed by atoms with Crippen molar-refractivity contribution < 1.29 is 14.0 Å². The number of para-hydroxylation sites is 1. The van der Waals surface area contributed by atoms with Gasteiger partial charge < -0.3 is 4.42 Å². The SMILES string of the molecule is Cc1c(C(=O)Nc2nc3ccccc3s2)oc2c1/C(=N/NC(=O)c1ccccc1)CCC2. The van der Waals surface area contributed by atoms with Crippen LogP contribution in [-0.4, -0.2) is 22.5 Å². The monoisotopic (exact) mass is 444 g/mol. The highest BCUT2D eigenvalue weighted by Crippen LogP contribution is 2.31. The standard InChI is InChI=1S/C24H20N4O3S/c1-14-20-17(27-28-22(29)15-8-3-2-4-9-15)11-7-12-18(20)31-21(14)23(30)26-24-25-16-10-5-6-13-19(16)32-24/h2-6,8-10,13H,7,11-12H2,1H3,(H,28,29)(H,25,26,30)/b27-17+. The van der Waals surface area contributed by atoms with Gasteiger partial charge in [0.05, 0.1) is 15.9 Å². The summed E-state index contributed by atoms with van der Waals surface area (Å²) in [7, 11) is 0. The molecule has 7 nitrogen and oxygen atoms in total. The Morgan fingerprint density at radius 1 is 1.03 bits per heavy atom. The molecule has 32 heavy (non-hydrogen) atoms. The summed E-state index contributed by atoms with van der Waals surface area (Å²) in [5.41, 5.74) is 6.24. The first-order valence-corrected chi connectivity index (χ1v) is 11.1. The zero-order valence-corrected chi connectivity index (χ0v) is 18.2. The summed E-state index contributed by atoms with van der Waals surface area (Å²) in [6.45, 7) is 1.84. The minimum absolute atomic E-state index is 0.248. The number of rotatable bonds is 4. The molecule has 2 aromatic heterocycles. The van der Waals surface area contributed by atoms with Gasteiger partial charge in [-0.2, -0.15) is 5.10 Å². The van der Waals surface area contributed by atoms with Crippen LogP contribution in [0.3, 0.4) is 0 Å². The molecule has 4 aromatic rings. The predicted molar refractivity (Wildman–Crippen MR) is 124 cm³/mol. The van der Waals surface area contributed by atoms with Crippen molar-refractivity contribution in [3.05, 3.63) is 82.8 Å². The van der Waals surface area contributed by atoms with E-state index in [2.05, 4.69) is 20.8 Å². The normalized spacial score (nSPS) is 14.3. The summed E-state index contributed by atoms with van der Waals surface area (Å²) in [6.07, 6.45) is 2.25. The van der Waals surface area contributed by atoms with Crippen molar-refractivity contribution in [3.63, 3.8) is 0 Å². The number of thiazole rings is 1. The highest BCUT2D eigenvalue weighted by atomic mass is 32.1. The lowest BCUT2D eigenvalue weighted by Gasteiger charge is -2.13. The van der Waals surface area contributed by atoms with Gasteiger partial charge in [-0.25, -0.2) is 10.4 Å². The van der Waals surface area contributed by atoms with Crippen molar-refractivity contribution in [2.24, 2.45) is 5.10 Å². The van der Waals surface area contributed by atoms with Crippen LogP contribution in [0.25, 0.3) is 10.2 Å². The van der Waals surface area contributed by atoms with Gasteiger partial charge in [-0.1, -0.05) is 41.7 Å². The van der Waals surface area contributed by atoms with E-state index in [9.17, 15) is 9.59 Å². The van der Waals surface area contributed by atoms with E-state index >= 15 is 0 Å². The van der Waals surface area contributed by atoms with Crippen LogP contribution in [0, 0.1) is 6.92 Å². The number of hydrazone groups is 1. The minimum atomic E-state index is -0.344. The number of carbonyl (C=O) groups excluding carboxylic acids is 2. The molecule has 0 bridgehead atoms. The number of fused-ring (bicyclic) bond motifs is 2. The average Bonchev–Trinajstić information content (AvgIpc) is 3.38. The van der Waals surface area contributed by atoms with Crippen LogP contribution in [0.1, 0.15) is 50.6 Å². The first-order chi connectivity index (χ1) is 15.6.